The minimum absolute atomic E-state index is 0.0693. The Hall–Kier alpha value is -2.93. The average Bonchev–Trinajstić information content (AvgIpc) is 3.26. The van der Waals surface area contributed by atoms with Crippen LogP contribution in [-0.2, 0) is 11.2 Å². The second kappa shape index (κ2) is 8.64. The number of aryl methyl sites for hydroxylation is 2. The van der Waals surface area contributed by atoms with Crippen LogP contribution in [0.15, 0.2) is 46.9 Å². The van der Waals surface area contributed by atoms with E-state index in [0.29, 0.717) is 27.9 Å². The molecule has 140 valence electrons. The summed E-state index contributed by atoms with van der Waals surface area (Å²) in [5, 5.41) is 6.10. The van der Waals surface area contributed by atoms with Crippen molar-refractivity contribution in [2.45, 2.75) is 20.3 Å². The molecule has 0 aliphatic rings. The zero-order valence-corrected chi connectivity index (χ0v) is 16.1. The van der Waals surface area contributed by atoms with Crippen molar-refractivity contribution in [2.75, 3.05) is 13.1 Å². The third-order valence-electron chi connectivity index (χ3n) is 3.94. The number of amides is 2. The third-order valence-corrected chi connectivity index (χ3v) is 5.11. The first-order valence-corrected chi connectivity index (χ1v) is 9.47. The second-order valence-corrected chi connectivity index (χ2v) is 7.11. The first kappa shape index (κ1) is 18.8. The Bertz CT molecular complexity index is 931. The molecule has 2 aromatic heterocycles. The molecular weight excluding hydrogens is 362 g/mol. The molecule has 6 nitrogen and oxygen atoms in total. The zero-order valence-electron chi connectivity index (χ0n) is 15.2. The van der Waals surface area contributed by atoms with E-state index < -0.39 is 0 Å². The van der Waals surface area contributed by atoms with Crippen LogP contribution in [0.5, 0.6) is 0 Å². The average molecular weight is 383 g/mol. The number of nitrogens with one attached hydrogen (secondary N) is 2. The number of hydrogen-bond acceptors (Lipinski definition) is 5. The lowest BCUT2D eigenvalue weighted by molar-refractivity contribution is -0.120. The molecule has 2 N–H and O–H groups in total. The van der Waals surface area contributed by atoms with Crippen LogP contribution in [0.4, 0.5) is 0 Å². The standard InChI is InChI=1S/C20H21N3O3S/c1-13-8-9-16(26-13)20-23-14(2)18(27-20)19(25)22-12-17(24)21-11-10-15-6-4-3-5-7-15/h3-9H,10-12H2,1-2H3,(H,21,24)(H,22,25). The number of nitrogens with zero attached hydrogens (tertiary/aromatic N) is 1. The Morgan fingerprint density at radius 2 is 1.85 bits per heavy atom. The predicted octanol–water partition coefficient (Wildman–Crippen LogP) is 3.11. The summed E-state index contributed by atoms with van der Waals surface area (Å²) in [6, 6.07) is 13.6. The Balaban J connectivity index is 1.49. The van der Waals surface area contributed by atoms with Crippen molar-refractivity contribution in [1.29, 1.82) is 0 Å². The smallest absolute Gasteiger partial charge is 0.263 e. The summed E-state index contributed by atoms with van der Waals surface area (Å²) in [4.78, 5) is 29.2. The van der Waals surface area contributed by atoms with Gasteiger partial charge in [0, 0.05) is 6.54 Å². The quantitative estimate of drug-likeness (QED) is 0.657. The highest BCUT2D eigenvalue weighted by Gasteiger charge is 2.18. The van der Waals surface area contributed by atoms with Crippen LogP contribution in [-0.4, -0.2) is 29.9 Å². The molecular formula is C20H21N3O3S. The molecule has 0 aliphatic carbocycles. The van der Waals surface area contributed by atoms with Crippen LogP contribution in [0.25, 0.3) is 10.8 Å². The summed E-state index contributed by atoms with van der Waals surface area (Å²) in [5.41, 5.74) is 1.77. The Kier molecular flexibility index (Phi) is 6.03. The van der Waals surface area contributed by atoms with Gasteiger partial charge in [-0.3, -0.25) is 9.59 Å². The van der Waals surface area contributed by atoms with Crippen LogP contribution >= 0.6 is 11.3 Å². The monoisotopic (exact) mass is 383 g/mol. The molecule has 0 unspecified atom stereocenters. The molecule has 0 saturated heterocycles. The number of carbonyl (C=O) groups excluding carboxylic acids is 2. The number of rotatable bonds is 7. The van der Waals surface area contributed by atoms with Gasteiger partial charge in [-0.05, 0) is 38.0 Å². The first-order valence-electron chi connectivity index (χ1n) is 8.66. The lowest BCUT2D eigenvalue weighted by Crippen LogP contribution is -2.37. The van der Waals surface area contributed by atoms with Crippen molar-refractivity contribution in [3.05, 3.63) is 64.4 Å². The highest BCUT2D eigenvalue weighted by atomic mass is 32.1. The van der Waals surface area contributed by atoms with Gasteiger partial charge < -0.3 is 15.1 Å². The van der Waals surface area contributed by atoms with Gasteiger partial charge in [0.2, 0.25) is 5.91 Å². The van der Waals surface area contributed by atoms with Crippen molar-refractivity contribution >= 4 is 23.2 Å². The van der Waals surface area contributed by atoms with Gasteiger partial charge in [0.1, 0.15) is 10.6 Å². The molecule has 7 heteroatoms. The van der Waals surface area contributed by atoms with Gasteiger partial charge in [0.25, 0.3) is 5.91 Å². The van der Waals surface area contributed by atoms with Gasteiger partial charge in [0.05, 0.1) is 12.2 Å². The maximum Gasteiger partial charge on any atom is 0.263 e. The van der Waals surface area contributed by atoms with E-state index in [1.54, 1.807) is 6.92 Å². The van der Waals surface area contributed by atoms with E-state index in [1.165, 1.54) is 11.3 Å². The number of carbonyl (C=O) groups is 2. The molecule has 0 radical (unpaired) electrons. The van der Waals surface area contributed by atoms with Crippen LogP contribution in [0.1, 0.15) is 26.7 Å². The van der Waals surface area contributed by atoms with Crippen molar-refractivity contribution in [1.82, 2.24) is 15.6 Å². The highest BCUT2D eigenvalue weighted by Crippen LogP contribution is 2.29. The normalized spacial score (nSPS) is 10.6. The lowest BCUT2D eigenvalue weighted by atomic mass is 10.1. The zero-order chi connectivity index (χ0) is 19.2. The van der Waals surface area contributed by atoms with Gasteiger partial charge in [0.15, 0.2) is 10.8 Å². The van der Waals surface area contributed by atoms with Crippen LogP contribution in [0.3, 0.4) is 0 Å². The van der Waals surface area contributed by atoms with Crippen LogP contribution in [0, 0.1) is 13.8 Å². The van der Waals surface area contributed by atoms with Gasteiger partial charge in [-0.25, -0.2) is 4.98 Å². The first-order chi connectivity index (χ1) is 13.0. The molecule has 2 heterocycles. The molecule has 0 aliphatic heterocycles. The topological polar surface area (TPSA) is 84.2 Å². The predicted molar refractivity (Wildman–Crippen MR) is 105 cm³/mol. The van der Waals surface area contributed by atoms with E-state index >= 15 is 0 Å². The summed E-state index contributed by atoms with van der Waals surface area (Å²) >= 11 is 1.25. The van der Waals surface area contributed by atoms with Crippen molar-refractivity contribution in [3.63, 3.8) is 0 Å². The van der Waals surface area contributed by atoms with E-state index in [2.05, 4.69) is 15.6 Å². The SMILES string of the molecule is Cc1ccc(-c2nc(C)c(C(=O)NCC(=O)NCCc3ccccc3)s2)o1. The fourth-order valence-electron chi connectivity index (χ4n) is 2.56. The largest absolute Gasteiger partial charge is 0.459 e. The van der Waals surface area contributed by atoms with Gasteiger partial charge in [-0.1, -0.05) is 30.3 Å². The van der Waals surface area contributed by atoms with Crippen molar-refractivity contribution in [2.24, 2.45) is 0 Å². The molecule has 0 spiro atoms. The van der Waals surface area contributed by atoms with Crippen LogP contribution in [0.2, 0.25) is 0 Å². The fourth-order valence-corrected chi connectivity index (χ4v) is 3.50. The summed E-state index contributed by atoms with van der Waals surface area (Å²) in [6.07, 6.45) is 0.750. The van der Waals surface area contributed by atoms with E-state index in [-0.39, 0.29) is 18.4 Å². The van der Waals surface area contributed by atoms with Crippen molar-refractivity contribution < 1.29 is 14.0 Å². The number of thiazole rings is 1. The highest BCUT2D eigenvalue weighted by molar-refractivity contribution is 7.17. The molecule has 0 atom stereocenters. The summed E-state index contributed by atoms with van der Waals surface area (Å²) in [6.45, 7) is 4.08. The minimum atomic E-state index is -0.308. The van der Waals surface area contributed by atoms with E-state index in [0.717, 1.165) is 17.7 Å². The molecule has 3 aromatic rings. The van der Waals surface area contributed by atoms with Gasteiger partial charge in [-0.2, -0.15) is 0 Å². The summed E-state index contributed by atoms with van der Waals surface area (Å²) in [5.74, 6) is 0.899. The molecule has 1 aromatic carbocycles. The summed E-state index contributed by atoms with van der Waals surface area (Å²) < 4.78 is 5.55. The summed E-state index contributed by atoms with van der Waals surface area (Å²) in [7, 11) is 0. The molecule has 0 fully saturated rings. The molecule has 27 heavy (non-hydrogen) atoms. The number of hydrogen-bond donors (Lipinski definition) is 2. The van der Waals surface area contributed by atoms with Crippen LogP contribution < -0.4 is 10.6 Å². The molecule has 0 saturated carbocycles. The molecule has 0 bridgehead atoms. The molecule has 3 rings (SSSR count). The lowest BCUT2D eigenvalue weighted by Gasteiger charge is -2.06. The van der Waals surface area contributed by atoms with E-state index in [4.69, 9.17) is 4.42 Å². The second-order valence-electron chi connectivity index (χ2n) is 6.11. The Morgan fingerprint density at radius 3 is 2.56 bits per heavy atom. The third kappa shape index (κ3) is 5.04. The Labute approximate surface area is 161 Å². The fraction of sp³-hybridized carbons (Fsp3) is 0.250. The Morgan fingerprint density at radius 1 is 1.07 bits per heavy atom. The number of aromatic nitrogens is 1. The van der Waals surface area contributed by atoms with E-state index in [9.17, 15) is 9.59 Å². The number of furan rings is 1. The number of benzene rings is 1. The van der Waals surface area contributed by atoms with Gasteiger partial charge >= 0.3 is 0 Å². The maximum absolute atomic E-state index is 12.4. The van der Waals surface area contributed by atoms with Crippen molar-refractivity contribution in [3.8, 4) is 10.8 Å². The maximum atomic E-state index is 12.4. The van der Waals surface area contributed by atoms with E-state index in [1.807, 2.05) is 49.4 Å². The van der Waals surface area contributed by atoms with Gasteiger partial charge in [-0.15, -0.1) is 11.3 Å². The molecule has 2 amide bonds. The minimum Gasteiger partial charge on any atom is -0.459 e.